The van der Waals surface area contributed by atoms with E-state index in [0.29, 0.717) is 29.6 Å². The lowest BCUT2D eigenvalue weighted by Crippen LogP contribution is -2.24. The van der Waals surface area contributed by atoms with Crippen LogP contribution in [0.5, 0.6) is 17.2 Å². The Morgan fingerprint density at radius 3 is 2.00 bits per heavy atom. The molecule has 0 N–H and O–H groups in total. The first kappa shape index (κ1) is 21.1. The molecule has 4 nitrogen and oxygen atoms in total. The van der Waals surface area contributed by atoms with Crippen molar-refractivity contribution in [2.75, 3.05) is 21.3 Å². The molecule has 1 aromatic carbocycles. The predicted molar refractivity (Wildman–Crippen MR) is 102 cm³/mol. The number of benzene rings is 1. The molecule has 25 heavy (non-hydrogen) atoms. The van der Waals surface area contributed by atoms with Gasteiger partial charge in [0.25, 0.3) is 0 Å². The molecule has 0 amide bonds. The van der Waals surface area contributed by atoms with E-state index in [1.165, 1.54) is 0 Å². The monoisotopic (exact) mass is 348 g/mol. The van der Waals surface area contributed by atoms with E-state index in [1.807, 2.05) is 26.0 Å². The second-order valence-electron chi connectivity index (χ2n) is 7.33. The van der Waals surface area contributed by atoms with Gasteiger partial charge in [0.2, 0.25) is 0 Å². The quantitative estimate of drug-likeness (QED) is 0.557. The number of ketones is 1. The zero-order valence-electron chi connectivity index (χ0n) is 16.6. The number of carbonyl (C=O) groups is 1. The maximum absolute atomic E-state index is 12.8. The van der Waals surface area contributed by atoms with Crippen molar-refractivity contribution in [3.63, 3.8) is 0 Å². The molecule has 0 aliphatic carbocycles. The first-order valence-electron chi connectivity index (χ1n) is 8.66. The molecule has 0 saturated carbocycles. The minimum Gasteiger partial charge on any atom is -0.496 e. The van der Waals surface area contributed by atoms with Crippen LogP contribution in [0.4, 0.5) is 0 Å². The fourth-order valence-corrected chi connectivity index (χ4v) is 2.91. The van der Waals surface area contributed by atoms with Crippen LogP contribution in [0.2, 0.25) is 0 Å². The molecule has 1 atom stereocenters. The average molecular weight is 348 g/mol. The number of hydrogen-bond donors (Lipinski definition) is 0. The Hall–Kier alpha value is -1.97. The Morgan fingerprint density at radius 2 is 1.64 bits per heavy atom. The molecular weight excluding hydrogens is 316 g/mol. The molecule has 0 radical (unpaired) electrons. The number of ether oxygens (including phenoxy) is 3. The summed E-state index contributed by atoms with van der Waals surface area (Å²) >= 11 is 0. The Balaban J connectivity index is 3.40. The van der Waals surface area contributed by atoms with Gasteiger partial charge < -0.3 is 14.2 Å². The summed E-state index contributed by atoms with van der Waals surface area (Å²) in [6.45, 7) is 11.9. The van der Waals surface area contributed by atoms with Crippen molar-refractivity contribution in [2.24, 2.45) is 11.3 Å². The summed E-state index contributed by atoms with van der Waals surface area (Å²) in [7, 11) is 4.86. The lowest BCUT2D eigenvalue weighted by Gasteiger charge is -2.27. The number of carbonyl (C=O) groups excluding carboxylic acids is 1. The van der Waals surface area contributed by atoms with Gasteiger partial charge >= 0.3 is 0 Å². The van der Waals surface area contributed by atoms with Gasteiger partial charge in [0.15, 0.2) is 0 Å². The zero-order valence-corrected chi connectivity index (χ0v) is 16.6. The van der Waals surface area contributed by atoms with Gasteiger partial charge in [0.05, 0.1) is 21.3 Å². The molecule has 0 fully saturated rings. The molecule has 140 valence electrons. The molecule has 1 unspecified atom stereocenters. The van der Waals surface area contributed by atoms with Crippen LogP contribution in [0.15, 0.2) is 24.8 Å². The molecule has 1 rings (SSSR count). The van der Waals surface area contributed by atoms with Crippen molar-refractivity contribution in [3.05, 3.63) is 30.4 Å². The first-order chi connectivity index (χ1) is 11.7. The third kappa shape index (κ3) is 5.25. The Morgan fingerprint density at radius 1 is 1.12 bits per heavy atom. The van der Waals surface area contributed by atoms with Crippen LogP contribution in [0.25, 0.3) is 0 Å². The van der Waals surface area contributed by atoms with Crippen LogP contribution in [0.1, 0.15) is 52.0 Å². The van der Waals surface area contributed by atoms with Gasteiger partial charge in [-0.2, -0.15) is 0 Å². The van der Waals surface area contributed by atoms with E-state index in [9.17, 15) is 4.79 Å². The fraction of sp³-hybridized carbons (Fsp3) is 0.571. The Bertz CT molecular complexity index is 577. The minimum atomic E-state index is -0.553. The summed E-state index contributed by atoms with van der Waals surface area (Å²) in [6, 6.07) is 3.68. The SMILES string of the molecule is C=CC(C)(C)C(=O)CC(CC(C)C)c1c(OC)cc(OC)cc1OC. The van der Waals surface area contributed by atoms with E-state index in [1.54, 1.807) is 27.4 Å². The van der Waals surface area contributed by atoms with Crippen molar-refractivity contribution in [3.8, 4) is 17.2 Å². The topological polar surface area (TPSA) is 44.8 Å². The fourth-order valence-electron chi connectivity index (χ4n) is 2.91. The highest BCUT2D eigenvalue weighted by Gasteiger charge is 2.30. The van der Waals surface area contributed by atoms with Crippen LogP contribution >= 0.6 is 0 Å². The summed E-state index contributed by atoms with van der Waals surface area (Å²) in [5, 5.41) is 0. The number of rotatable bonds is 10. The summed E-state index contributed by atoms with van der Waals surface area (Å²) < 4.78 is 16.5. The van der Waals surface area contributed by atoms with Crippen molar-refractivity contribution < 1.29 is 19.0 Å². The van der Waals surface area contributed by atoms with Crippen molar-refractivity contribution in [1.29, 1.82) is 0 Å². The number of methoxy groups -OCH3 is 3. The standard InChI is InChI=1S/C21H32O4/c1-9-21(4,5)19(22)11-15(10-14(2)3)20-17(24-7)12-16(23-6)13-18(20)25-8/h9,12-15H,1,10-11H2,2-8H3. The van der Waals surface area contributed by atoms with E-state index in [0.717, 1.165) is 12.0 Å². The summed E-state index contributed by atoms with van der Waals surface area (Å²) in [5.41, 5.74) is 0.370. The zero-order chi connectivity index (χ0) is 19.2. The van der Waals surface area contributed by atoms with Crippen LogP contribution in [-0.2, 0) is 4.79 Å². The van der Waals surface area contributed by atoms with Gasteiger partial charge in [-0.3, -0.25) is 4.79 Å². The smallest absolute Gasteiger partial charge is 0.142 e. The molecular formula is C21H32O4. The summed E-state index contributed by atoms with van der Waals surface area (Å²) in [4.78, 5) is 12.8. The third-order valence-electron chi connectivity index (χ3n) is 4.58. The number of Topliss-reactive ketones (excluding diaryl/α,β-unsaturated/α-hetero) is 1. The van der Waals surface area contributed by atoms with Gasteiger partial charge in [-0.15, -0.1) is 6.58 Å². The van der Waals surface area contributed by atoms with Gasteiger partial charge in [0.1, 0.15) is 23.0 Å². The molecule has 0 aliphatic heterocycles. The van der Waals surface area contributed by atoms with Gasteiger partial charge in [0, 0.05) is 29.5 Å². The highest BCUT2D eigenvalue weighted by atomic mass is 16.5. The lowest BCUT2D eigenvalue weighted by atomic mass is 9.78. The minimum absolute atomic E-state index is 0.00234. The lowest BCUT2D eigenvalue weighted by molar-refractivity contribution is -0.125. The second-order valence-corrected chi connectivity index (χ2v) is 7.33. The molecule has 0 bridgehead atoms. The van der Waals surface area contributed by atoms with Crippen LogP contribution < -0.4 is 14.2 Å². The summed E-state index contributed by atoms with van der Waals surface area (Å²) in [6.07, 6.45) is 2.98. The highest BCUT2D eigenvalue weighted by molar-refractivity contribution is 5.86. The molecule has 0 spiro atoms. The van der Waals surface area contributed by atoms with Crippen LogP contribution in [-0.4, -0.2) is 27.1 Å². The predicted octanol–water partition coefficient (Wildman–Crippen LogP) is 5.01. The maximum atomic E-state index is 12.8. The van der Waals surface area contributed by atoms with Crippen molar-refractivity contribution >= 4 is 5.78 Å². The highest BCUT2D eigenvalue weighted by Crippen LogP contribution is 2.44. The first-order valence-corrected chi connectivity index (χ1v) is 8.66. The normalized spacial score (nSPS) is 12.6. The van der Waals surface area contributed by atoms with E-state index in [-0.39, 0.29) is 11.7 Å². The van der Waals surface area contributed by atoms with Gasteiger partial charge in [-0.05, 0) is 32.1 Å². The second kappa shape index (κ2) is 8.93. The van der Waals surface area contributed by atoms with E-state index < -0.39 is 5.41 Å². The van der Waals surface area contributed by atoms with Gasteiger partial charge in [-0.1, -0.05) is 19.9 Å². The van der Waals surface area contributed by atoms with E-state index in [2.05, 4.69) is 20.4 Å². The van der Waals surface area contributed by atoms with Crippen LogP contribution in [0.3, 0.4) is 0 Å². The summed E-state index contributed by atoms with van der Waals surface area (Å²) in [5.74, 6) is 2.63. The molecule has 1 aromatic rings. The molecule has 0 aliphatic rings. The number of allylic oxidation sites excluding steroid dienone is 1. The molecule has 0 saturated heterocycles. The Kier molecular flexibility index (Phi) is 7.53. The average Bonchev–Trinajstić information content (AvgIpc) is 2.59. The largest absolute Gasteiger partial charge is 0.496 e. The third-order valence-corrected chi connectivity index (χ3v) is 4.58. The van der Waals surface area contributed by atoms with Crippen molar-refractivity contribution in [1.82, 2.24) is 0 Å². The van der Waals surface area contributed by atoms with E-state index >= 15 is 0 Å². The molecule has 0 aromatic heterocycles. The van der Waals surface area contributed by atoms with Crippen molar-refractivity contribution in [2.45, 2.75) is 46.5 Å². The van der Waals surface area contributed by atoms with E-state index in [4.69, 9.17) is 14.2 Å². The van der Waals surface area contributed by atoms with Gasteiger partial charge in [-0.25, -0.2) is 0 Å². The Labute approximate surface area is 152 Å². The maximum Gasteiger partial charge on any atom is 0.142 e. The van der Waals surface area contributed by atoms with Crippen LogP contribution in [0, 0.1) is 11.3 Å². The molecule has 0 heterocycles. The number of hydrogen-bond acceptors (Lipinski definition) is 4. The molecule has 4 heteroatoms.